The van der Waals surface area contributed by atoms with Gasteiger partial charge < -0.3 is 4.90 Å². The van der Waals surface area contributed by atoms with E-state index in [1.807, 2.05) is 6.92 Å². The average molecular weight is 401 g/mol. The number of nitro groups is 1. The third kappa shape index (κ3) is 3.01. The van der Waals surface area contributed by atoms with Crippen molar-refractivity contribution < 1.29 is 18.1 Å². The van der Waals surface area contributed by atoms with Gasteiger partial charge in [0.15, 0.2) is 0 Å². The van der Waals surface area contributed by atoms with Crippen molar-refractivity contribution in [1.29, 1.82) is 0 Å². The largest absolute Gasteiger partial charge is 0.312 e. The van der Waals surface area contributed by atoms with Crippen LogP contribution < -0.4 is 9.62 Å². The van der Waals surface area contributed by atoms with Gasteiger partial charge in [-0.05, 0) is 49.1 Å². The number of carbonyl (C=O) groups excluding carboxylic acids is 1. The van der Waals surface area contributed by atoms with Gasteiger partial charge in [-0.2, -0.15) is 0 Å². The van der Waals surface area contributed by atoms with Crippen molar-refractivity contribution in [3.05, 3.63) is 63.7 Å². The van der Waals surface area contributed by atoms with Crippen LogP contribution in [0.1, 0.15) is 30.9 Å². The zero-order chi connectivity index (χ0) is 20.1. The smallest absolute Gasteiger partial charge is 0.269 e. The summed E-state index contributed by atoms with van der Waals surface area (Å²) in [7, 11) is -3.77. The maximum Gasteiger partial charge on any atom is 0.269 e. The zero-order valence-electron chi connectivity index (χ0n) is 15.2. The van der Waals surface area contributed by atoms with Gasteiger partial charge >= 0.3 is 0 Å². The van der Waals surface area contributed by atoms with E-state index in [4.69, 9.17) is 0 Å². The molecule has 4 rings (SSSR count). The second kappa shape index (κ2) is 6.30. The Balaban J connectivity index is 1.58. The highest BCUT2D eigenvalue weighted by Gasteiger charge is 2.58. The van der Waals surface area contributed by atoms with Crippen LogP contribution in [0, 0.1) is 10.1 Å². The monoisotopic (exact) mass is 401 g/mol. The highest BCUT2D eigenvalue weighted by atomic mass is 32.2. The lowest BCUT2D eigenvalue weighted by molar-refractivity contribution is -0.384. The predicted molar refractivity (Wildman–Crippen MR) is 105 cm³/mol. The molecule has 2 aromatic carbocycles. The van der Waals surface area contributed by atoms with Gasteiger partial charge in [0.05, 0.1) is 16.1 Å². The molecule has 1 heterocycles. The molecule has 1 N–H and O–H groups in total. The molecule has 1 aliphatic carbocycles. The summed E-state index contributed by atoms with van der Waals surface area (Å²) in [4.78, 5) is 24.7. The molecule has 1 saturated carbocycles. The van der Waals surface area contributed by atoms with Gasteiger partial charge in [0.25, 0.3) is 5.69 Å². The van der Waals surface area contributed by atoms with E-state index >= 15 is 0 Å². The van der Waals surface area contributed by atoms with Crippen LogP contribution in [0.2, 0.25) is 0 Å². The van der Waals surface area contributed by atoms with Gasteiger partial charge in [0.2, 0.25) is 15.9 Å². The molecule has 8 nitrogen and oxygen atoms in total. The van der Waals surface area contributed by atoms with E-state index in [9.17, 15) is 23.3 Å². The SMILES string of the molecule is CCN1C(=O)C2(CC2)c2cc(NS(=O)(=O)Cc3cccc([N+](=O)[O-])c3)ccc21. The number of amides is 1. The molecule has 0 atom stereocenters. The van der Waals surface area contributed by atoms with Gasteiger partial charge in [-0.15, -0.1) is 0 Å². The quantitative estimate of drug-likeness (QED) is 0.591. The normalized spacial score (nSPS) is 16.9. The molecule has 1 spiro atoms. The highest BCUT2D eigenvalue weighted by Crippen LogP contribution is 2.57. The molecule has 28 heavy (non-hydrogen) atoms. The van der Waals surface area contributed by atoms with Crippen molar-refractivity contribution in [2.24, 2.45) is 0 Å². The average Bonchev–Trinajstić information content (AvgIpc) is 3.40. The Bertz CT molecular complexity index is 1090. The van der Waals surface area contributed by atoms with Crippen molar-refractivity contribution in [3.8, 4) is 0 Å². The first kappa shape index (κ1) is 18.4. The lowest BCUT2D eigenvalue weighted by Gasteiger charge is -2.15. The van der Waals surface area contributed by atoms with Crippen LogP contribution in [0.5, 0.6) is 0 Å². The number of sulfonamides is 1. The third-order valence-electron chi connectivity index (χ3n) is 5.28. The number of nitro benzene ring substituents is 1. The number of fused-ring (bicyclic) bond motifs is 2. The maximum absolute atomic E-state index is 12.6. The second-order valence-corrected chi connectivity index (χ2v) is 8.87. The van der Waals surface area contributed by atoms with E-state index in [1.54, 1.807) is 23.1 Å². The van der Waals surface area contributed by atoms with E-state index in [1.165, 1.54) is 24.3 Å². The summed E-state index contributed by atoms with van der Waals surface area (Å²) < 4.78 is 27.6. The molecule has 1 amide bonds. The predicted octanol–water partition coefficient (Wildman–Crippen LogP) is 2.93. The summed E-state index contributed by atoms with van der Waals surface area (Å²) in [6.45, 7) is 2.49. The highest BCUT2D eigenvalue weighted by molar-refractivity contribution is 7.91. The van der Waals surface area contributed by atoms with E-state index in [2.05, 4.69) is 4.72 Å². The number of anilines is 2. The second-order valence-electron chi connectivity index (χ2n) is 7.15. The van der Waals surface area contributed by atoms with Gasteiger partial charge in [0, 0.05) is 30.1 Å². The van der Waals surface area contributed by atoms with Crippen LogP contribution in [0.25, 0.3) is 0 Å². The summed E-state index contributed by atoms with van der Waals surface area (Å²) in [6.07, 6.45) is 1.55. The molecule has 2 aromatic rings. The molecular weight excluding hydrogens is 382 g/mol. The van der Waals surface area contributed by atoms with E-state index in [-0.39, 0.29) is 17.3 Å². The number of hydrogen-bond acceptors (Lipinski definition) is 5. The minimum Gasteiger partial charge on any atom is -0.312 e. The lowest BCUT2D eigenvalue weighted by atomic mass is 9.97. The van der Waals surface area contributed by atoms with Crippen molar-refractivity contribution >= 4 is 33.0 Å². The van der Waals surface area contributed by atoms with Crippen molar-refractivity contribution in [1.82, 2.24) is 0 Å². The van der Waals surface area contributed by atoms with Crippen LogP contribution in [-0.4, -0.2) is 25.8 Å². The fraction of sp³-hybridized carbons (Fsp3) is 0.316. The van der Waals surface area contributed by atoms with E-state index in [0.29, 0.717) is 17.8 Å². The Morgan fingerprint density at radius 1 is 1.21 bits per heavy atom. The van der Waals surface area contributed by atoms with Crippen molar-refractivity contribution in [2.45, 2.75) is 30.9 Å². The maximum atomic E-state index is 12.6. The molecule has 1 aliphatic heterocycles. The number of likely N-dealkylation sites (N-methyl/N-ethyl adjacent to an activating group) is 1. The first-order valence-electron chi connectivity index (χ1n) is 8.96. The Hall–Kier alpha value is -2.94. The molecule has 1 fully saturated rings. The minimum absolute atomic E-state index is 0.0848. The Kier molecular flexibility index (Phi) is 4.15. The molecule has 0 bridgehead atoms. The Labute approximate surface area is 162 Å². The fourth-order valence-corrected chi connectivity index (χ4v) is 4.99. The van der Waals surface area contributed by atoms with Crippen LogP contribution in [-0.2, 0) is 26.0 Å². The van der Waals surface area contributed by atoms with Crippen molar-refractivity contribution in [3.63, 3.8) is 0 Å². The number of benzene rings is 2. The van der Waals surface area contributed by atoms with Gasteiger partial charge in [0.1, 0.15) is 0 Å². The first-order valence-corrected chi connectivity index (χ1v) is 10.6. The molecule has 2 aliphatic rings. The Morgan fingerprint density at radius 3 is 2.61 bits per heavy atom. The number of non-ortho nitro benzene ring substituents is 1. The molecule has 146 valence electrons. The Morgan fingerprint density at radius 2 is 1.96 bits per heavy atom. The fourth-order valence-electron chi connectivity index (χ4n) is 3.82. The summed E-state index contributed by atoms with van der Waals surface area (Å²) in [6, 6.07) is 10.7. The molecule has 0 unspecified atom stereocenters. The topological polar surface area (TPSA) is 110 Å². The molecule has 0 saturated heterocycles. The van der Waals surface area contributed by atoms with Crippen LogP contribution in [0.4, 0.5) is 17.1 Å². The standard InChI is InChI=1S/C19H19N3O5S/c1-2-21-17-7-6-14(11-16(17)19(8-9-19)18(21)23)20-28(26,27)12-13-4-3-5-15(10-13)22(24)25/h3-7,10-11,20H,2,8-9,12H2,1H3. The summed E-state index contributed by atoms with van der Waals surface area (Å²) in [5.74, 6) is -0.293. The first-order chi connectivity index (χ1) is 13.3. The molecular formula is C19H19N3O5S. The summed E-state index contributed by atoms with van der Waals surface area (Å²) >= 11 is 0. The van der Waals surface area contributed by atoms with Crippen LogP contribution in [0.15, 0.2) is 42.5 Å². The van der Waals surface area contributed by atoms with Crippen LogP contribution in [0.3, 0.4) is 0 Å². The van der Waals surface area contributed by atoms with Gasteiger partial charge in [-0.25, -0.2) is 8.42 Å². The summed E-state index contributed by atoms with van der Waals surface area (Å²) in [5.41, 5.74) is 1.78. The van der Waals surface area contributed by atoms with Gasteiger partial charge in [-0.1, -0.05) is 12.1 Å². The number of nitrogens with one attached hydrogen (secondary N) is 1. The minimum atomic E-state index is -3.77. The molecule has 0 aromatic heterocycles. The van der Waals surface area contributed by atoms with E-state index < -0.39 is 20.4 Å². The molecule has 0 radical (unpaired) electrons. The number of nitrogens with zero attached hydrogens (tertiary/aromatic N) is 2. The van der Waals surface area contributed by atoms with E-state index in [0.717, 1.165) is 24.1 Å². The lowest BCUT2D eigenvalue weighted by Crippen LogP contribution is -2.31. The molecule has 9 heteroatoms. The van der Waals surface area contributed by atoms with Crippen LogP contribution >= 0.6 is 0 Å². The number of rotatable bonds is 6. The summed E-state index contributed by atoms with van der Waals surface area (Å²) in [5, 5.41) is 10.9. The zero-order valence-corrected chi connectivity index (χ0v) is 16.0. The number of carbonyl (C=O) groups is 1. The third-order valence-corrected chi connectivity index (χ3v) is 6.54. The van der Waals surface area contributed by atoms with Crippen molar-refractivity contribution in [2.75, 3.05) is 16.2 Å². The number of hydrogen-bond donors (Lipinski definition) is 1. The van der Waals surface area contributed by atoms with Gasteiger partial charge in [-0.3, -0.25) is 19.6 Å².